The molecule has 0 aromatic heterocycles. The van der Waals surface area contributed by atoms with Gasteiger partial charge in [-0.15, -0.1) is 24.0 Å². The number of amides is 1. The van der Waals surface area contributed by atoms with Gasteiger partial charge in [-0.25, -0.2) is 0 Å². The zero-order valence-electron chi connectivity index (χ0n) is 12.4. The van der Waals surface area contributed by atoms with Crippen molar-refractivity contribution in [1.29, 1.82) is 0 Å². The molecular formula is C13H25IN4O3. The lowest BCUT2D eigenvalue weighted by Gasteiger charge is -2.34. The first-order valence-corrected chi connectivity index (χ1v) is 7.08. The third kappa shape index (κ3) is 4.68. The Kier molecular flexibility index (Phi) is 7.14. The van der Waals surface area contributed by atoms with Crippen molar-refractivity contribution >= 4 is 35.8 Å². The molecule has 2 aliphatic heterocycles. The van der Waals surface area contributed by atoms with Crippen LogP contribution in [-0.4, -0.2) is 62.3 Å². The standard InChI is InChI=1S/C13H24N4O3.HI/c1-10-8-17(4-7-20-10)12(15)16-9-13(11(14)18)2-5-19-6-3-13;/h10H,2-9H2,1H3,(H2,14,18)(H2,15,16);1H. The molecule has 122 valence electrons. The molecule has 8 heteroatoms. The topological polar surface area (TPSA) is 103 Å². The average Bonchev–Trinajstić information content (AvgIpc) is 2.45. The van der Waals surface area contributed by atoms with Gasteiger partial charge in [-0.2, -0.15) is 0 Å². The van der Waals surface area contributed by atoms with Gasteiger partial charge >= 0.3 is 0 Å². The van der Waals surface area contributed by atoms with Crippen molar-refractivity contribution in [2.45, 2.75) is 25.9 Å². The Labute approximate surface area is 142 Å². The van der Waals surface area contributed by atoms with E-state index in [0.717, 1.165) is 13.1 Å². The van der Waals surface area contributed by atoms with E-state index in [1.165, 1.54) is 0 Å². The zero-order chi connectivity index (χ0) is 14.6. The highest BCUT2D eigenvalue weighted by Crippen LogP contribution is 2.30. The van der Waals surface area contributed by atoms with Crippen LogP contribution in [0.3, 0.4) is 0 Å². The first kappa shape index (κ1) is 18.4. The summed E-state index contributed by atoms with van der Waals surface area (Å²) in [4.78, 5) is 18.1. The quantitative estimate of drug-likeness (QED) is 0.384. The van der Waals surface area contributed by atoms with Crippen molar-refractivity contribution in [3.05, 3.63) is 0 Å². The predicted molar refractivity (Wildman–Crippen MR) is 90.6 cm³/mol. The van der Waals surface area contributed by atoms with Crippen molar-refractivity contribution in [1.82, 2.24) is 4.90 Å². The van der Waals surface area contributed by atoms with Gasteiger partial charge < -0.3 is 25.8 Å². The van der Waals surface area contributed by atoms with Gasteiger partial charge in [0.1, 0.15) is 0 Å². The Morgan fingerprint density at radius 2 is 2.00 bits per heavy atom. The van der Waals surface area contributed by atoms with Crippen molar-refractivity contribution in [2.75, 3.05) is 39.5 Å². The van der Waals surface area contributed by atoms with Crippen molar-refractivity contribution in [3.63, 3.8) is 0 Å². The van der Waals surface area contributed by atoms with E-state index in [-0.39, 0.29) is 36.0 Å². The Hall–Kier alpha value is -0.610. The summed E-state index contributed by atoms with van der Waals surface area (Å²) in [5.74, 6) is 0.153. The van der Waals surface area contributed by atoms with Crippen molar-refractivity contribution < 1.29 is 14.3 Å². The number of guanidine groups is 1. The molecule has 2 aliphatic rings. The molecule has 2 saturated heterocycles. The lowest BCUT2D eigenvalue weighted by Crippen LogP contribution is -2.49. The van der Waals surface area contributed by atoms with E-state index in [1.807, 2.05) is 11.8 Å². The number of carbonyl (C=O) groups is 1. The molecule has 2 fully saturated rings. The molecule has 1 amide bonds. The summed E-state index contributed by atoms with van der Waals surface area (Å²) < 4.78 is 10.8. The van der Waals surface area contributed by atoms with Crippen molar-refractivity contribution in [2.24, 2.45) is 21.9 Å². The van der Waals surface area contributed by atoms with Crippen LogP contribution in [0.25, 0.3) is 0 Å². The van der Waals surface area contributed by atoms with Crippen LogP contribution < -0.4 is 11.5 Å². The molecule has 0 aromatic carbocycles. The van der Waals surface area contributed by atoms with Crippen LogP contribution in [0.1, 0.15) is 19.8 Å². The van der Waals surface area contributed by atoms with Gasteiger partial charge in [0.25, 0.3) is 0 Å². The van der Waals surface area contributed by atoms with E-state index in [0.29, 0.717) is 45.2 Å². The number of nitrogens with zero attached hydrogens (tertiary/aromatic N) is 2. The van der Waals surface area contributed by atoms with Gasteiger partial charge in [0.2, 0.25) is 5.91 Å². The van der Waals surface area contributed by atoms with E-state index >= 15 is 0 Å². The second-order valence-corrected chi connectivity index (χ2v) is 5.56. The number of morpholine rings is 1. The van der Waals surface area contributed by atoms with Crippen LogP contribution in [-0.2, 0) is 14.3 Å². The zero-order valence-corrected chi connectivity index (χ0v) is 14.7. The largest absolute Gasteiger partial charge is 0.381 e. The highest BCUT2D eigenvalue weighted by Gasteiger charge is 2.38. The van der Waals surface area contributed by atoms with Gasteiger partial charge in [-0.1, -0.05) is 0 Å². The number of ether oxygens (including phenoxy) is 2. The Bertz CT molecular complexity index is 386. The third-order valence-electron chi connectivity index (χ3n) is 4.08. The average molecular weight is 412 g/mol. The third-order valence-corrected chi connectivity index (χ3v) is 4.08. The number of halogens is 1. The van der Waals surface area contributed by atoms with E-state index < -0.39 is 5.41 Å². The molecule has 0 bridgehead atoms. The van der Waals surface area contributed by atoms with E-state index in [4.69, 9.17) is 20.9 Å². The van der Waals surface area contributed by atoms with Gasteiger partial charge in [-0.05, 0) is 19.8 Å². The van der Waals surface area contributed by atoms with Crippen LogP contribution in [0, 0.1) is 5.41 Å². The van der Waals surface area contributed by atoms with E-state index in [2.05, 4.69) is 4.99 Å². The van der Waals surface area contributed by atoms with Crippen LogP contribution in [0.4, 0.5) is 0 Å². The minimum Gasteiger partial charge on any atom is -0.381 e. The number of aliphatic imine (C=N–C) groups is 1. The van der Waals surface area contributed by atoms with Gasteiger partial charge in [0.05, 0.1) is 24.7 Å². The van der Waals surface area contributed by atoms with Crippen molar-refractivity contribution in [3.8, 4) is 0 Å². The second-order valence-electron chi connectivity index (χ2n) is 5.56. The SMILES string of the molecule is CC1CN(C(N)=NCC2(C(N)=O)CCOCC2)CCO1.I. The summed E-state index contributed by atoms with van der Waals surface area (Å²) in [6.07, 6.45) is 1.36. The minimum atomic E-state index is -0.610. The first-order chi connectivity index (χ1) is 9.53. The molecule has 2 rings (SSSR count). The van der Waals surface area contributed by atoms with Crippen LogP contribution in [0.5, 0.6) is 0 Å². The predicted octanol–water partition coefficient (Wildman–Crippen LogP) is -0.0781. The lowest BCUT2D eigenvalue weighted by atomic mass is 9.79. The molecule has 0 radical (unpaired) electrons. The normalized spacial score (nSPS) is 26.0. The van der Waals surface area contributed by atoms with Crippen LogP contribution in [0.2, 0.25) is 0 Å². The fourth-order valence-corrected chi connectivity index (χ4v) is 2.60. The second kappa shape index (κ2) is 8.14. The minimum absolute atomic E-state index is 0. The van der Waals surface area contributed by atoms with Gasteiger partial charge in [-0.3, -0.25) is 9.79 Å². The molecule has 2 heterocycles. The number of nitrogens with two attached hydrogens (primary N) is 2. The number of primary amides is 1. The summed E-state index contributed by atoms with van der Waals surface area (Å²) in [5.41, 5.74) is 11.0. The molecule has 21 heavy (non-hydrogen) atoms. The lowest BCUT2D eigenvalue weighted by molar-refractivity contribution is -0.132. The summed E-state index contributed by atoms with van der Waals surface area (Å²) >= 11 is 0. The molecule has 7 nitrogen and oxygen atoms in total. The number of hydrogen-bond acceptors (Lipinski definition) is 4. The Morgan fingerprint density at radius 3 is 2.57 bits per heavy atom. The first-order valence-electron chi connectivity index (χ1n) is 7.08. The molecule has 4 N–H and O–H groups in total. The maximum Gasteiger partial charge on any atom is 0.225 e. The molecule has 0 aliphatic carbocycles. The summed E-state index contributed by atoms with van der Waals surface area (Å²) in [6, 6.07) is 0. The summed E-state index contributed by atoms with van der Waals surface area (Å²) in [6.45, 7) is 5.53. The van der Waals surface area contributed by atoms with E-state index in [1.54, 1.807) is 0 Å². The number of carbonyl (C=O) groups excluding carboxylic acids is 1. The molecule has 0 spiro atoms. The Morgan fingerprint density at radius 1 is 1.33 bits per heavy atom. The molecule has 0 aromatic rings. The summed E-state index contributed by atoms with van der Waals surface area (Å²) in [5, 5.41) is 0. The summed E-state index contributed by atoms with van der Waals surface area (Å²) in [7, 11) is 0. The van der Waals surface area contributed by atoms with Crippen LogP contribution in [0.15, 0.2) is 4.99 Å². The number of hydrogen-bond donors (Lipinski definition) is 2. The fraction of sp³-hybridized carbons (Fsp3) is 0.846. The fourth-order valence-electron chi connectivity index (χ4n) is 2.60. The van der Waals surface area contributed by atoms with Crippen LogP contribution >= 0.6 is 24.0 Å². The molecule has 1 atom stereocenters. The molecular weight excluding hydrogens is 387 g/mol. The number of rotatable bonds is 3. The highest BCUT2D eigenvalue weighted by atomic mass is 127. The highest BCUT2D eigenvalue weighted by molar-refractivity contribution is 14.0. The van der Waals surface area contributed by atoms with E-state index in [9.17, 15) is 4.79 Å². The molecule has 0 saturated carbocycles. The smallest absolute Gasteiger partial charge is 0.225 e. The monoisotopic (exact) mass is 412 g/mol. The van der Waals surface area contributed by atoms with Gasteiger partial charge in [0.15, 0.2) is 5.96 Å². The Balaban J connectivity index is 0.00000220. The maximum absolute atomic E-state index is 11.7. The maximum atomic E-state index is 11.7. The molecule has 1 unspecified atom stereocenters. The van der Waals surface area contributed by atoms with Gasteiger partial charge in [0, 0.05) is 26.3 Å².